The van der Waals surface area contributed by atoms with E-state index in [4.69, 9.17) is 17.3 Å². The molecule has 8 heteroatoms. The van der Waals surface area contributed by atoms with Gasteiger partial charge in [-0.05, 0) is 57.1 Å². The minimum atomic E-state index is -0.258. The van der Waals surface area contributed by atoms with E-state index in [-0.39, 0.29) is 23.9 Å². The van der Waals surface area contributed by atoms with Crippen molar-refractivity contribution in [2.24, 2.45) is 10.7 Å². The number of benzene rings is 1. The predicted octanol–water partition coefficient (Wildman–Crippen LogP) is 3.62. The zero-order chi connectivity index (χ0) is 21.4. The molecule has 0 bridgehead atoms. The van der Waals surface area contributed by atoms with E-state index >= 15 is 0 Å². The van der Waals surface area contributed by atoms with Gasteiger partial charge in [0.15, 0.2) is 0 Å². The monoisotopic (exact) mass is 446 g/mol. The summed E-state index contributed by atoms with van der Waals surface area (Å²) in [4.78, 5) is 23.6. The van der Waals surface area contributed by atoms with Crippen LogP contribution in [0.1, 0.15) is 32.1 Å². The molecule has 30 heavy (non-hydrogen) atoms. The van der Waals surface area contributed by atoms with Crippen molar-refractivity contribution in [2.45, 2.75) is 31.5 Å². The molecule has 4 rings (SSSR count). The summed E-state index contributed by atoms with van der Waals surface area (Å²) >= 11 is 7.78. The van der Waals surface area contributed by atoms with Crippen molar-refractivity contribution in [2.75, 3.05) is 20.6 Å². The maximum Gasteiger partial charge on any atom is 0.265 e. The second-order valence-electron chi connectivity index (χ2n) is 7.79. The van der Waals surface area contributed by atoms with E-state index in [1.807, 2.05) is 36.0 Å². The van der Waals surface area contributed by atoms with Crippen LogP contribution in [0.3, 0.4) is 0 Å². The van der Waals surface area contributed by atoms with Gasteiger partial charge >= 0.3 is 0 Å². The average molecular weight is 447 g/mol. The fourth-order valence-corrected chi connectivity index (χ4v) is 5.39. The van der Waals surface area contributed by atoms with Gasteiger partial charge in [-0.2, -0.15) is 0 Å². The van der Waals surface area contributed by atoms with E-state index in [1.165, 1.54) is 29.7 Å². The second kappa shape index (κ2) is 8.49. The van der Waals surface area contributed by atoms with Crippen LogP contribution in [0.15, 0.2) is 46.6 Å². The fraction of sp³-hybridized carbons (Fsp3) is 0.364. The zero-order valence-corrected chi connectivity index (χ0v) is 18.5. The maximum absolute atomic E-state index is 13.6. The number of aliphatic imine (C=N–C) groups is 1. The summed E-state index contributed by atoms with van der Waals surface area (Å²) in [7, 11) is 3.91. The van der Waals surface area contributed by atoms with Gasteiger partial charge in [-0.15, -0.1) is 11.3 Å². The van der Waals surface area contributed by atoms with Gasteiger partial charge in [0.05, 0.1) is 21.7 Å². The molecule has 1 amide bonds. The summed E-state index contributed by atoms with van der Waals surface area (Å²) in [6, 6.07) is 8.47. The van der Waals surface area contributed by atoms with Gasteiger partial charge in [0, 0.05) is 23.2 Å². The molecule has 0 radical (unpaired) electrons. The topological polar surface area (TPSA) is 61.7 Å². The van der Waals surface area contributed by atoms with Gasteiger partial charge in [-0.25, -0.2) is 4.39 Å². The number of nitrogens with zero attached hydrogens (tertiary/aromatic N) is 3. The molecule has 5 nitrogen and oxygen atoms in total. The normalized spacial score (nSPS) is 21.3. The molecule has 2 aromatic rings. The van der Waals surface area contributed by atoms with Crippen LogP contribution in [-0.2, 0) is 12.8 Å². The number of halogens is 2. The number of allylic oxidation sites excluding steroid dienone is 1. The molecule has 0 saturated carbocycles. The van der Waals surface area contributed by atoms with Gasteiger partial charge in [0.25, 0.3) is 5.91 Å². The molecule has 2 N–H and O–H groups in total. The summed E-state index contributed by atoms with van der Waals surface area (Å²) in [6.07, 6.45) is 3.72. The van der Waals surface area contributed by atoms with Crippen molar-refractivity contribution >= 4 is 34.6 Å². The highest BCUT2D eigenvalue weighted by Crippen LogP contribution is 2.38. The molecule has 1 fully saturated rings. The summed E-state index contributed by atoms with van der Waals surface area (Å²) in [6.45, 7) is 0.689. The van der Waals surface area contributed by atoms with Gasteiger partial charge in [0.2, 0.25) is 0 Å². The van der Waals surface area contributed by atoms with Gasteiger partial charge < -0.3 is 10.6 Å². The number of likely N-dealkylation sites (N-methyl/N-ethyl adjacent to an activating group) is 1. The van der Waals surface area contributed by atoms with E-state index in [9.17, 15) is 9.18 Å². The van der Waals surface area contributed by atoms with Crippen LogP contribution in [0.4, 0.5) is 4.39 Å². The SMILES string of the molecule is CN(C)C1[C@H](Cc2cccc(F)c2)N1C(=O)c1cc2c(s1)CCCN=C2C(Cl)=CN. The standard InChI is InChI=1S/C22H24ClFN4OS/c1-27(2)21-17(10-13-5-3-6-14(24)9-13)28(21)22(29)19-11-15-18(30-19)7-4-8-26-20(15)16(23)12-25/h3,5-6,9,11-12,17,21H,4,7-8,10,25H2,1-2H3/t17-,21?,28?/m0/s1. The van der Waals surface area contributed by atoms with E-state index < -0.39 is 0 Å². The molecule has 0 aliphatic carbocycles. The van der Waals surface area contributed by atoms with Crippen molar-refractivity contribution < 1.29 is 9.18 Å². The molecule has 0 spiro atoms. The first-order chi connectivity index (χ1) is 14.4. The molecule has 3 heterocycles. The zero-order valence-electron chi connectivity index (χ0n) is 16.9. The first kappa shape index (κ1) is 21.0. The number of amides is 1. The third kappa shape index (κ3) is 4.02. The van der Waals surface area contributed by atoms with Gasteiger partial charge in [-0.3, -0.25) is 14.7 Å². The fourth-order valence-electron chi connectivity index (χ4n) is 4.09. The Kier molecular flexibility index (Phi) is 5.95. The Morgan fingerprint density at radius 2 is 2.23 bits per heavy atom. The number of rotatable bonds is 5. The minimum absolute atomic E-state index is 0.0108. The molecule has 2 atom stereocenters. The van der Waals surface area contributed by atoms with Gasteiger partial charge in [-0.1, -0.05) is 23.7 Å². The first-order valence-electron chi connectivity index (χ1n) is 9.89. The van der Waals surface area contributed by atoms with Crippen molar-refractivity contribution in [1.82, 2.24) is 9.80 Å². The highest BCUT2D eigenvalue weighted by atomic mass is 35.5. The molecule has 1 aromatic carbocycles. The lowest BCUT2D eigenvalue weighted by molar-refractivity contribution is 0.0847. The number of hydrogen-bond donors (Lipinski definition) is 1. The van der Waals surface area contributed by atoms with Crippen LogP contribution in [0, 0.1) is 5.82 Å². The van der Waals surface area contributed by atoms with Crippen LogP contribution in [0.2, 0.25) is 0 Å². The van der Waals surface area contributed by atoms with E-state index in [0.717, 1.165) is 28.8 Å². The number of aryl methyl sites for hydroxylation is 1. The molecule has 1 saturated heterocycles. The summed E-state index contributed by atoms with van der Waals surface area (Å²) < 4.78 is 13.6. The van der Waals surface area contributed by atoms with Crippen LogP contribution in [0.25, 0.3) is 0 Å². The summed E-state index contributed by atoms with van der Waals surface area (Å²) in [5, 5.41) is 0.400. The number of nitrogens with two attached hydrogens (primary N) is 1. The molecule has 2 aliphatic rings. The number of carbonyl (C=O) groups is 1. The first-order valence-corrected chi connectivity index (χ1v) is 11.1. The molecule has 2 aliphatic heterocycles. The van der Waals surface area contributed by atoms with Crippen LogP contribution in [0.5, 0.6) is 0 Å². The van der Waals surface area contributed by atoms with Gasteiger partial charge in [0.1, 0.15) is 12.0 Å². The molecule has 1 unspecified atom stereocenters. The summed E-state index contributed by atoms with van der Waals surface area (Å²) in [5.41, 5.74) is 8.06. The van der Waals surface area contributed by atoms with E-state index in [0.29, 0.717) is 28.6 Å². The quantitative estimate of drug-likeness (QED) is 0.713. The third-order valence-corrected chi connectivity index (χ3v) is 6.96. The van der Waals surface area contributed by atoms with E-state index in [1.54, 1.807) is 6.07 Å². The average Bonchev–Trinajstić information content (AvgIpc) is 3.34. The highest BCUT2D eigenvalue weighted by molar-refractivity contribution is 7.14. The Bertz CT molecular complexity index is 1030. The Balaban J connectivity index is 1.60. The van der Waals surface area contributed by atoms with Crippen molar-refractivity contribution in [1.29, 1.82) is 0 Å². The van der Waals surface area contributed by atoms with Crippen LogP contribution < -0.4 is 5.73 Å². The molecular weight excluding hydrogens is 423 g/mol. The Morgan fingerprint density at radius 3 is 2.93 bits per heavy atom. The third-order valence-electron chi connectivity index (χ3n) is 5.47. The van der Waals surface area contributed by atoms with E-state index in [2.05, 4.69) is 4.99 Å². The van der Waals surface area contributed by atoms with Crippen LogP contribution in [-0.4, -0.2) is 54.3 Å². The van der Waals surface area contributed by atoms with Crippen molar-refractivity contribution in [3.8, 4) is 0 Å². The number of hydrogen-bond acceptors (Lipinski definition) is 5. The number of carbonyl (C=O) groups excluding carboxylic acids is 1. The Morgan fingerprint density at radius 1 is 1.43 bits per heavy atom. The number of thiophene rings is 1. The maximum atomic E-state index is 13.6. The van der Waals surface area contributed by atoms with Crippen molar-refractivity contribution in [3.05, 3.63) is 68.3 Å². The highest BCUT2D eigenvalue weighted by Gasteiger charge is 2.52. The minimum Gasteiger partial charge on any atom is -0.403 e. The second-order valence-corrected chi connectivity index (χ2v) is 9.33. The number of fused-ring (bicyclic) bond motifs is 1. The predicted molar refractivity (Wildman–Crippen MR) is 120 cm³/mol. The molecule has 158 valence electrons. The molecular formula is C22H24ClFN4OS. The van der Waals surface area contributed by atoms with Crippen LogP contribution >= 0.6 is 22.9 Å². The lowest BCUT2D eigenvalue weighted by atomic mass is 10.1. The largest absolute Gasteiger partial charge is 0.403 e. The molecule has 1 aromatic heterocycles. The lowest BCUT2D eigenvalue weighted by Gasteiger charge is -2.08. The Hall–Kier alpha value is -2.22. The summed E-state index contributed by atoms with van der Waals surface area (Å²) in [5.74, 6) is -0.272. The van der Waals surface area contributed by atoms with Crippen molar-refractivity contribution in [3.63, 3.8) is 0 Å². The Labute approximate surface area is 184 Å². The lowest BCUT2D eigenvalue weighted by Crippen LogP contribution is -2.23. The smallest absolute Gasteiger partial charge is 0.265 e.